The Kier molecular flexibility index (Phi) is 5.64. The number of carbonyl (C=O) groups is 1. The van der Waals surface area contributed by atoms with Gasteiger partial charge in [0.1, 0.15) is 0 Å². The van der Waals surface area contributed by atoms with Crippen molar-refractivity contribution in [2.24, 2.45) is 5.73 Å². The van der Waals surface area contributed by atoms with E-state index in [1.165, 1.54) is 0 Å². The molecule has 4 N–H and O–H groups in total. The number of amides is 1. The summed E-state index contributed by atoms with van der Waals surface area (Å²) in [5.74, 6) is -0.0816. The SMILES string of the molecule is Cl.NC1(C(=O)Nc2cccc(Nc3ccccc3)c2)CCCC1. The van der Waals surface area contributed by atoms with Crippen molar-refractivity contribution in [1.82, 2.24) is 0 Å². The highest BCUT2D eigenvalue weighted by Gasteiger charge is 2.36. The van der Waals surface area contributed by atoms with Crippen LogP contribution in [0.25, 0.3) is 0 Å². The lowest BCUT2D eigenvalue weighted by Gasteiger charge is -2.22. The van der Waals surface area contributed by atoms with Crippen molar-refractivity contribution in [3.8, 4) is 0 Å². The normalized spacial score (nSPS) is 15.5. The van der Waals surface area contributed by atoms with Gasteiger partial charge < -0.3 is 16.4 Å². The molecular weight excluding hydrogens is 310 g/mol. The first-order chi connectivity index (χ1) is 10.7. The second-order valence-corrected chi connectivity index (χ2v) is 5.89. The van der Waals surface area contributed by atoms with Crippen LogP contribution in [0.1, 0.15) is 25.7 Å². The van der Waals surface area contributed by atoms with E-state index < -0.39 is 5.54 Å². The van der Waals surface area contributed by atoms with Crippen LogP contribution in [0.3, 0.4) is 0 Å². The number of hydrogen-bond acceptors (Lipinski definition) is 3. The number of para-hydroxylation sites is 1. The molecule has 23 heavy (non-hydrogen) atoms. The average Bonchev–Trinajstić information content (AvgIpc) is 2.97. The maximum absolute atomic E-state index is 12.3. The van der Waals surface area contributed by atoms with Gasteiger partial charge in [-0.1, -0.05) is 37.1 Å². The maximum atomic E-state index is 12.3. The standard InChI is InChI=1S/C18H21N3O.ClH/c19-18(11-4-5-12-18)17(22)21-16-10-6-9-15(13-16)20-14-7-2-1-3-8-14;/h1-3,6-10,13,20H,4-5,11-12,19H2,(H,21,22);1H. The van der Waals surface area contributed by atoms with Gasteiger partial charge in [-0.15, -0.1) is 12.4 Å². The quantitative estimate of drug-likeness (QED) is 0.791. The van der Waals surface area contributed by atoms with E-state index in [0.29, 0.717) is 0 Å². The molecule has 0 aliphatic heterocycles. The largest absolute Gasteiger partial charge is 0.355 e. The van der Waals surface area contributed by atoms with Gasteiger partial charge in [0.05, 0.1) is 5.54 Å². The lowest BCUT2D eigenvalue weighted by molar-refractivity contribution is -0.121. The monoisotopic (exact) mass is 331 g/mol. The second kappa shape index (κ2) is 7.49. The molecular formula is C18H22ClN3O. The van der Waals surface area contributed by atoms with Gasteiger partial charge >= 0.3 is 0 Å². The van der Waals surface area contributed by atoms with Gasteiger partial charge in [0.2, 0.25) is 5.91 Å². The summed E-state index contributed by atoms with van der Waals surface area (Å²) in [5.41, 5.74) is 8.19. The number of anilines is 3. The van der Waals surface area contributed by atoms with E-state index >= 15 is 0 Å². The summed E-state index contributed by atoms with van der Waals surface area (Å²) in [5, 5.41) is 6.26. The van der Waals surface area contributed by atoms with Crippen LogP contribution in [-0.2, 0) is 4.79 Å². The summed E-state index contributed by atoms with van der Waals surface area (Å²) in [7, 11) is 0. The molecule has 0 saturated heterocycles. The highest BCUT2D eigenvalue weighted by Crippen LogP contribution is 2.29. The average molecular weight is 332 g/mol. The molecule has 0 heterocycles. The Morgan fingerprint density at radius 2 is 1.52 bits per heavy atom. The highest BCUT2D eigenvalue weighted by molar-refractivity contribution is 5.98. The summed E-state index contributed by atoms with van der Waals surface area (Å²) >= 11 is 0. The summed E-state index contributed by atoms with van der Waals surface area (Å²) < 4.78 is 0. The van der Waals surface area contributed by atoms with Crippen LogP contribution in [0.5, 0.6) is 0 Å². The van der Waals surface area contributed by atoms with E-state index in [1.807, 2.05) is 54.6 Å². The van der Waals surface area contributed by atoms with Gasteiger partial charge in [-0.25, -0.2) is 0 Å². The van der Waals surface area contributed by atoms with Gasteiger partial charge in [0.15, 0.2) is 0 Å². The van der Waals surface area contributed by atoms with E-state index in [0.717, 1.165) is 42.7 Å². The van der Waals surface area contributed by atoms with Crippen molar-refractivity contribution in [1.29, 1.82) is 0 Å². The molecule has 122 valence electrons. The van der Waals surface area contributed by atoms with Gasteiger partial charge in [-0.2, -0.15) is 0 Å². The molecule has 3 rings (SSSR count). The minimum atomic E-state index is -0.705. The third-order valence-electron chi connectivity index (χ3n) is 4.13. The summed E-state index contributed by atoms with van der Waals surface area (Å²) in [4.78, 5) is 12.3. The van der Waals surface area contributed by atoms with Gasteiger partial charge in [-0.3, -0.25) is 4.79 Å². The Labute approximate surface area is 142 Å². The Balaban J connectivity index is 0.00000192. The van der Waals surface area contributed by atoms with Crippen LogP contribution in [0.2, 0.25) is 0 Å². The minimum absolute atomic E-state index is 0. The van der Waals surface area contributed by atoms with Crippen LogP contribution >= 0.6 is 12.4 Å². The topological polar surface area (TPSA) is 67.2 Å². The molecule has 0 spiro atoms. The Hall–Kier alpha value is -2.04. The molecule has 5 heteroatoms. The van der Waals surface area contributed by atoms with Crippen LogP contribution < -0.4 is 16.4 Å². The van der Waals surface area contributed by atoms with Gasteiger partial charge in [0, 0.05) is 17.1 Å². The highest BCUT2D eigenvalue weighted by atomic mass is 35.5. The Morgan fingerprint density at radius 3 is 2.22 bits per heavy atom. The Morgan fingerprint density at radius 1 is 0.913 bits per heavy atom. The first-order valence-electron chi connectivity index (χ1n) is 7.68. The fourth-order valence-corrected chi connectivity index (χ4v) is 2.85. The summed E-state index contributed by atoms with van der Waals surface area (Å²) in [6.07, 6.45) is 3.58. The molecule has 1 aliphatic rings. The fourth-order valence-electron chi connectivity index (χ4n) is 2.85. The third kappa shape index (κ3) is 4.24. The first-order valence-corrected chi connectivity index (χ1v) is 7.68. The molecule has 2 aromatic rings. The van der Waals surface area contributed by atoms with Crippen molar-refractivity contribution in [2.45, 2.75) is 31.2 Å². The van der Waals surface area contributed by atoms with Gasteiger partial charge in [0.25, 0.3) is 0 Å². The van der Waals surface area contributed by atoms with Crippen molar-refractivity contribution < 1.29 is 4.79 Å². The number of carbonyl (C=O) groups excluding carboxylic acids is 1. The van der Waals surface area contributed by atoms with E-state index in [4.69, 9.17) is 5.73 Å². The summed E-state index contributed by atoms with van der Waals surface area (Å²) in [6, 6.07) is 17.6. The molecule has 0 radical (unpaired) electrons. The molecule has 1 amide bonds. The lowest BCUT2D eigenvalue weighted by atomic mass is 9.98. The van der Waals surface area contributed by atoms with Crippen molar-refractivity contribution >= 4 is 35.4 Å². The van der Waals surface area contributed by atoms with E-state index in [-0.39, 0.29) is 18.3 Å². The van der Waals surface area contributed by atoms with Crippen LogP contribution in [0.15, 0.2) is 54.6 Å². The van der Waals surface area contributed by atoms with Crippen LogP contribution in [0, 0.1) is 0 Å². The number of nitrogens with two attached hydrogens (primary N) is 1. The fraction of sp³-hybridized carbons (Fsp3) is 0.278. The minimum Gasteiger partial charge on any atom is -0.355 e. The van der Waals surface area contributed by atoms with E-state index in [9.17, 15) is 4.79 Å². The molecule has 0 atom stereocenters. The first kappa shape index (κ1) is 17.3. The van der Waals surface area contributed by atoms with Crippen LogP contribution in [0.4, 0.5) is 17.1 Å². The zero-order valence-corrected chi connectivity index (χ0v) is 13.7. The third-order valence-corrected chi connectivity index (χ3v) is 4.13. The molecule has 1 saturated carbocycles. The number of halogens is 1. The molecule has 2 aromatic carbocycles. The van der Waals surface area contributed by atoms with Crippen molar-refractivity contribution in [2.75, 3.05) is 10.6 Å². The van der Waals surface area contributed by atoms with Gasteiger partial charge in [-0.05, 0) is 43.2 Å². The Bertz CT molecular complexity index is 654. The van der Waals surface area contributed by atoms with Crippen molar-refractivity contribution in [3.05, 3.63) is 54.6 Å². The van der Waals surface area contributed by atoms with Crippen LogP contribution in [-0.4, -0.2) is 11.4 Å². The molecule has 4 nitrogen and oxygen atoms in total. The van der Waals surface area contributed by atoms with E-state index in [2.05, 4.69) is 10.6 Å². The lowest BCUT2D eigenvalue weighted by Crippen LogP contribution is -2.48. The number of nitrogens with one attached hydrogen (secondary N) is 2. The second-order valence-electron chi connectivity index (χ2n) is 5.89. The zero-order valence-electron chi connectivity index (χ0n) is 12.9. The summed E-state index contributed by atoms with van der Waals surface area (Å²) in [6.45, 7) is 0. The van der Waals surface area contributed by atoms with Crippen molar-refractivity contribution in [3.63, 3.8) is 0 Å². The maximum Gasteiger partial charge on any atom is 0.244 e. The zero-order chi connectivity index (χ0) is 15.4. The molecule has 1 fully saturated rings. The predicted octanol–water partition coefficient (Wildman–Crippen LogP) is 4.06. The number of benzene rings is 2. The number of rotatable bonds is 4. The van der Waals surface area contributed by atoms with E-state index in [1.54, 1.807) is 0 Å². The smallest absolute Gasteiger partial charge is 0.244 e. The molecule has 1 aliphatic carbocycles. The molecule has 0 aromatic heterocycles. The molecule has 0 unspecified atom stereocenters. The molecule has 0 bridgehead atoms. The number of hydrogen-bond donors (Lipinski definition) is 3. The predicted molar refractivity (Wildman–Crippen MR) is 97.4 cm³/mol.